The van der Waals surface area contributed by atoms with Gasteiger partial charge in [0.25, 0.3) is 5.56 Å². The maximum absolute atomic E-state index is 12.9. The summed E-state index contributed by atoms with van der Waals surface area (Å²) in [5.41, 5.74) is 2.95. The van der Waals surface area contributed by atoms with Crippen molar-refractivity contribution in [1.82, 2.24) is 14.2 Å². The van der Waals surface area contributed by atoms with E-state index in [0.717, 1.165) is 16.8 Å². The zero-order valence-corrected chi connectivity index (χ0v) is 13.3. The molecule has 0 radical (unpaired) electrons. The summed E-state index contributed by atoms with van der Waals surface area (Å²) in [4.78, 5) is 12.9. The number of hydrogen-bond acceptors (Lipinski definition) is 3. The van der Waals surface area contributed by atoms with Gasteiger partial charge in [0, 0.05) is 6.07 Å². The Morgan fingerprint density at radius 2 is 1.79 bits per heavy atom. The number of benzene rings is 2. The number of hydrogen-bond donors (Lipinski definition) is 1. The van der Waals surface area contributed by atoms with Crippen molar-refractivity contribution < 1.29 is 5.11 Å². The number of aryl methyl sites for hydroxylation is 1. The molecule has 0 saturated carbocycles. The van der Waals surface area contributed by atoms with Crippen LogP contribution in [0.25, 0.3) is 16.6 Å². The standard InChI is InChI=1S/C19H17N3O2/c1-13-11-18-21(12-17(23)14-7-3-2-4-8-14)19(24)15-9-5-6-10-16(15)22(18)20-13/h2-11,17,23H,12H2,1H3. The molecule has 0 spiro atoms. The summed E-state index contributed by atoms with van der Waals surface area (Å²) in [5, 5.41) is 15.6. The van der Waals surface area contributed by atoms with Crippen molar-refractivity contribution in [2.45, 2.75) is 19.6 Å². The van der Waals surface area contributed by atoms with E-state index in [9.17, 15) is 9.90 Å². The van der Waals surface area contributed by atoms with Crippen molar-refractivity contribution in [1.29, 1.82) is 0 Å². The summed E-state index contributed by atoms with van der Waals surface area (Å²) < 4.78 is 3.36. The molecule has 0 aliphatic rings. The molecule has 2 heterocycles. The fourth-order valence-electron chi connectivity index (χ4n) is 3.07. The van der Waals surface area contributed by atoms with E-state index in [2.05, 4.69) is 5.10 Å². The number of aromatic nitrogens is 3. The molecule has 2 aromatic carbocycles. The number of para-hydroxylation sites is 1. The molecule has 0 bridgehead atoms. The Kier molecular flexibility index (Phi) is 3.43. The zero-order chi connectivity index (χ0) is 16.7. The van der Waals surface area contributed by atoms with Gasteiger partial charge in [0.05, 0.1) is 29.2 Å². The van der Waals surface area contributed by atoms with Gasteiger partial charge in [-0.3, -0.25) is 9.36 Å². The molecule has 5 nitrogen and oxygen atoms in total. The van der Waals surface area contributed by atoms with E-state index in [1.165, 1.54) is 0 Å². The average Bonchev–Trinajstić information content (AvgIpc) is 3.01. The average molecular weight is 319 g/mol. The lowest BCUT2D eigenvalue weighted by atomic mass is 10.1. The number of aliphatic hydroxyl groups is 1. The molecule has 120 valence electrons. The third-order valence-electron chi connectivity index (χ3n) is 4.24. The molecule has 1 unspecified atom stereocenters. The highest BCUT2D eigenvalue weighted by atomic mass is 16.3. The zero-order valence-electron chi connectivity index (χ0n) is 13.3. The minimum absolute atomic E-state index is 0.118. The van der Waals surface area contributed by atoms with Crippen LogP contribution in [0.4, 0.5) is 0 Å². The summed E-state index contributed by atoms with van der Waals surface area (Å²) >= 11 is 0. The first-order valence-electron chi connectivity index (χ1n) is 7.86. The summed E-state index contributed by atoms with van der Waals surface area (Å²) in [7, 11) is 0. The third kappa shape index (κ3) is 2.30. The van der Waals surface area contributed by atoms with E-state index in [0.29, 0.717) is 11.0 Å². The van der Waals surface area contributed by atoms with Crippen LogP contribution in [0.3, 0.4) is 0 Å². The molecule has 5 heteroatoms. The molecule has 1 atom stereocenters. The lowest BCUT2D eigenvalue weighted by Gasteiger charge is -2.15. The highest BCUT2D eigenvalue weighted by Crippen LogP contribution is 2.18. The van der Waals surface area contributed by atoms with Gasteiger partial charge in [-0.1, -0.05) is 42.5 Å². The highest BCUT2D eigenvalue weighted by Gasteiger charge is 2.16. The van der Waals surface area contributed by atoms with Gasteiger partial charge in [-0.15, -0.1) is 0 Å². The molecule has 0 saturated heterocycles. The molecule has 24 heavy (non-hydrogen) atoms. The Bertz CT molecular complexity index is 1080. The Balaban J connectivity index is 1.93. The minimum Gasteiger partial charge on any atom is -0.387 e. The van der Waals surface area contributed by atoms with Crippen LogP contribution in [0.5, 0.6) is 0 Å². The largest absolute Gasteiger partial charge is 0.387 e. The van der Waals surface area contributed by atoms with Crippen molar-refractivity contribution >= 4 is 16.6 Å². The van der Waals surface area contributed by atoms with Crippen LogP contribution in [0.15, 0.2) is 65.5 Å². The van der Waals surface area contributed by atoms with E-state index < -0.39 is 6.10 Å². The van der Waals surface area contributed by atoms with Crippen LogP contribution in [0, 0.1) is 6.92 Å². The van der Waals surface area contributed by atoms with Crippen LogP contribution in [0.1, 0.15) is 17.4 Å². The topological polar surface area (TPSA) is 59.5 Å². The molecule has 1 N–H and O–H groups in total. The first-order valence-corrected chi connectivity index (χ1v) is 7.86. The Morgan fingerprint density at radius 1 is 1.08 bits per heavy atom. The number of fused-ring (bicyclic) bond motifs is 3. The first-order chi connectivity index (χ1) is 11.6. The van der Waals surface area contributed by atoms with E-state index in [-0.39, 0.29) is 12.1 Å². The molecule has 0 amide bonds. The van der Waals surface area contributed by atoms with Crippen LogP contribution in [-0.2, 0) is 6.54 Å². The summed E-state index contributed by atoms with van der Waals surface area (Å²) in [6, 6.07) is 18.6. The SMILES string of the molecule is Cc1cc2n(CC(O)c3ccccc3)c(=O)c3ccccc3n2n1. The molecular weight excluding hydrogens is 302 g/mol. The maximum atomic E-state index is 12.9. The highest BCUT2D eigenvalue weighted by molar-refractivity contribution is 5.80. The normalized spacial score (nSPS) is 12.8. The third-order valence-corrected chi connectivity index (χ3v) is 4.24. The van der Waals surface area contributed by atoms with E-state index in [1.807, 2.05) is 61.5 Å². The fourth-order valence-corrected chi connectivity index (χ4v) is 3.07. The molecule has 0 aliphatic carbocycles. The van der Waals surface area contributed by atoms with E-state index in [1.54, 1.807) is 15.1 Å². The second-order valence-corrected chi connectivity index (χ2v) is 5.92. The summed E-state index contributed by atoms with van der Waals surface area (Å²) in [6.45, 7) is 2.08. The van der Waals surface area contributed by atoms with Crippen LogP contribution < -0.4 is 5.56 Å². The minimum atomic E-state index is -0.760. The van der Waals surface area contributed by atoms with Crippen molar-refractivity contribution in [2.75, 3.05) is 0 Å². The Hall–Kier alpha value is -2.92. The molecular formula is C19H17N3O2. The molecule has 0 aliphatic heterocycles. The Morgan fingerprint density at radius 3 is 2.58 bits per heavy atom. The van der Waals surface area contributed by atoms with Crippen molar-refractivity contribution in [2.24, 2.45) is 0 Å². The van der Waals surface area contributed by atoms with Gasteiger partial charge in [0.1, 0.15) is 5.65 Å². The van der Waals surface area contributed by atoms with Gasteiger partial charge in [-0.2, -0.15) is 5.10 Å². The molecule has 2 aromatic heterocycles. The van der Waals surface area contributed by atoms with Crippen LogP contribution in [-0.4, -0.2) is 19.3 Å². The van der Waals surface area contributed by atoms with E-state index in [4.69, 9.17) is 0 Å². The van der Waals surface area contributed by atoms with Crippen molar-refractivity contribution in [3.05, 3.63) is 82.3 Å². The summed E-state index contributed by atoms with van der Waals surface area (Å²) in [6.07, 6.45) is -0.760. The Labute approximate surface area is 138 Å². The first kappa shape index (κ1) is 14.7. The van der Waals surface area contributed by atoms with Crippen LogP contribution in [0.2, 0.25) is 0 Å². The lowest BCUT2D eigenvalue weighted by Crippen LogP contribution is -2.25. The monoisotopic (exact) mass is 319 g/mol. The predicted octanol–water partition coefficient (Wildman–Crippen LogP) is 2.69. The molecule has 0 fully saturated rings. The van der Waals surface area contributed by atoms with Crippen molar-refractivity contribution in [3.8, 4) is 0 Å². The quantitative estimate of drug-likeness (QED) is 0.631. The maximum Gasteiger partial charge on any atom is 0.261 e. The second kappa shape index (κ2) is 5.62. The van der Waals surface area contributed by atoms with Gasteiger partial charge < -0.3 is 5.11 Å². The number of nitrogens with zero attached hydrogens (tertiary/aromatic N) is 3. The lowest BCUT2D eigenvalue weighted by molar-refractivity contribution is 0.156. The van der Waals surface area contributed by atoms with E-state index >= 15 is 0 Å². The molecule has 4 rings (SSSR count). The van der Waals surface area contributed by atoms with Gasteiger partial charge in [-0.05, 0) is 24.6 Å². The van der Waals surface area contributed by atoms with Gasteiger partial charge in [0.2, 0.25) is 0 Å². The summed E-state index contributed by atoms with van der Waals surface area (Å²) in [5.74, 6) is 0. The molecule has 4 aromatic rings. The number of aliphatic hydroxyl groups excluding tert-OH is 1. The van der Waals surface area contributed by atoms with Crippen LogP contribution >= 0.6 is 0 Å². The second-order valence-electron chi connectivity index (χ2n) is 5.92. The predicted molar refractivity (Wildman–Crippen MR) is 93.1 cm³/mol. The number of rotatable bonds is 3. The fraction of sp³-hybridized carbons (Fsp3) is 0.158. The van der Waals surface area contributed by atoms with Gasteiger partial charge in [0.15, 0.2) is 0 Å². The smallest absolute Gasteiger partial charge is 0.261 e. The van der Waals surface area contributed by atoms with Gasteiger partial charge >= 0.3 is 0 Å². The van der Waals surface area contributed by atoms with Gasteiger partial charge in [-0.25, -0.2) is 4.52 Å². The van der Waals surface area contributed by atoms with Crippen molar-refractivity contribution in [3.63, 3.8) is 0 Å².